The minimum Gasteiger partial charge on any atom is -0.450 e. The highest BCUT2D eigenvalue weighted by Gasteiger charge is 2.74. The first kappa shape index (κ1) is 34.0. The Morgan fingerprint density at radius 1 is 0.885 bits per heavy atom. The molecule has 6 aliphatic rings. The molecule has 270 valence electrons. The topological polar surface area (TPSA) is 87.1 Å². The largest absolute Gasteiger partial charge is 0.450 e. The third-order valence-electron chi connectivity index (χ3n) is 14.8. The molecule has 3 saturated carbocycles. The monoisotopic (exact) mass is 715 g/mol. The first-order valence-electron chi connectivity index (χ1n) is 19.2. The fourth-order valence-electron chi connectivity index (χ4n) is 12.2. The van der Waals surface area contributed by atoms with Gasteiger partial charge in [0, 0.05) is 33.1 Å². The van der Waals surface area contributed by atoms with Crippen molar-refractivity contribution in [2.24, 2.45) is 33.5 Å². The molecule has 2 N–H and O–H groups in total. The fourth-order valence-corrected chi connectivity index (χ4v) is 13.2. The Morgan fingerprint density at radius 2 is 1.60 bits per heavy atom. The number of ketones is 1. The number of Topliss-reactive ketones (excluding diaryl/α,β-unsaturated/α-hetero) is 1. The van der Waals surface area contributed by atoms with Crippen LogP contribution in [-0.4, -0.2) is 51.8 Å². The number of fused-ring (bicyclic) bond motifs is 3. The number of carbonyl (C=O) groups excluding carboxylic acids is 2. The summed E-state index contributed by atoms with van der Waals surface area (Å²) in [5.41, 5.74) is -0.950. The summed E-state index contributed by atoms with van der Waals surface area (Å²) in [6.07, 6.45) is 11.4. The molecular weight excluding hydrogens is 667 g/mol. The van der Waals surface area contributed by atoms with Gasteiger partial charge in [0.05, 0.1) is 29.7 Å². The number of amides is 1. The molecule has 8 atom stereocenters. The molecule has 0 saturated heterocycles. The summed E-state index contributed by atoms with van der Waals surface area (Å²) >= 11 is 1.56. The van der Waals surface area contributed by atoms with Crippen LogP contribution >= 0.6 is 11.3 Å². The molecule has 2 bridgehead atoms. The van der Waals surface area contributed by atoms with Gasteiger partial charge in [-0.05, 0) is 103 Å². The van der Waals surface area contributed by atoms with Crippen molar-refractivity contribution < 1.29 is 24.5 Å². The Morgan fingerprint density at radius 3 is 2.40 bits per heavy atom. The van der Waals surface area contributed by atoms with E-state index in [1.807, 2.05) is 43.3 Å². The fraction of sp³-hybridized carbons (Fsp3) is 0.467. The SMILES string of the molecule is CCOC(=O)N(Cc1cccc2ccccc12)CC1(O)CCC2C34C=CC5(C=C3C(=O)c3cc6ccccc6s3)CC(O)CCC5(C)C4CCC21C. The van der Waals surface area contributed by atoms with Crippen molar-refractivity contribution in [1.82, 2.24) is 4.90 Å². The molecule has 0 aliphatic heterocycles. The molecule has 4 aromatic rings. The van der Waals surface area contributed by atoms with Gasteiger partial charge >= 0.3 is 6.09 Å². The lowest BCUT2D eigenvalue weighted by molar-refractivity contribution is -0.175. The zero-order chi connectivity index (χ0) is 36.1. The van der Waals surface area contributed by atoms with Gasteiger partial charge in [0.2, 0.25) is 0 Å². The van der Waals surface area contributed by atoms with Crippen LogP contribution in [0.2, 0.25) is 0 Å². The first-order chi connectivity index (χ1) is 25.0. The van der Waals surface area contributed by atoms with E-state index in [-0.39, 0.29) is 41.6 Å². The van der Waals surface area contributed by atoms with Crippen molar-refractivity contribution in [3.05, 3.63) is 107 Å². The molecule has 3 fully saturated rings. The van der Waals surface area contributed by atoms with E-state index in [9.17, 15) is 15.0 Å². The van der Waals surface area contributed by atoms with Crippen molar-refractivity contribution in [3.63, 3.8) is 0 Å². The first-order valence-corrected chi connectivity index (χ1v) is 20.0. The molecule has 0 radical (unpaired) electrons. The molecule has 3 aromatic carbocycles. The maximum atomic E-state index is 15.1. The second-order valence-electron chi connectivity index (χ2n) is 17.0. The van der Waals surface area contributed by atoms with E-state index >= 15 is 4.79 Å². The number of carbonyl (C=O) groups is 2. The average molecular weight is 716 g/mol. The Kier molecular flexibility index (Phi) is 7.76. The maximum Gasteiger partial charge on any atom is 0.410 e. The predicted molar refractivity (Wildman–Crippen MR) is 206 cm³/mol. The van der Waals surface area contributed by atoms with Crippen LogP contribution in [0.25, 0.3) is 20.9 Å². The van der Waals surface area contributed by atoms with Crippen LogP contribution in [0.3, 0.4) is 0 Å². The second-order valence-corrected chi connectivity index (χ2v) is 18.1. The summed E-state index contributed by atoms with van der Waals surface area (Å²) in [5.74, 6) is 0.280. The lowest BCUT2D eigenvalue weighted by Gasteiger charge is -2.71. The number of allylic oxidation sites excluding steroid dienone is 4. The summed E-state index contributed by atoms with van der Waals surface area (Å²) in [6, 6.07) is 24.6. The van der Waals surface area contributed by atoms with E-state index < -0.39 is 28.6 Å². The minimum atomic E-state index is -1.19. The van der Waals surface area contributed by atoms with Gasteiger partial charge in [0.15, 0.2) is 5.78 Å². The summed E-state index contributed by atoms with van der Waals surface area (Å²) < 4.78 is 6.74. The van der Waals surface area contributed by atoms with Crippen LogP contribution in [-0.2, 0) is 11.3 Å². The van der Waals surface area contributed by atoms with E-state index in [0.29, 0.717) is 19.4 Å². The molecular formula is C45H49NO5S. The molecule has 7 heteroatoms. The number of rotatable bonds is 7. The van der Waals surface area contributed by atoms with Gasteiger partial charge in [-0.25, -0.2) is 4.79 Å². The van der Waals surface area contributed by atoms with Crippen LogP contribution in [0, 0.1) is 33.5 Å². The maximum absolute atomic E-state index is 15.1. The molecule has 1 heterocycles. The third kappa shape index (κ3) is 4.61. The number of hydrogen-bond acceptors (Lipinski definition) is 6. The molecule has 6 aliphatic carbocycles. The average Bonchev–Trinajstić information content (AvgIpc) is 3.69. The van der Waals surface area contributed by atoms with Gasteiger partial charge in [0.1, 0.15) is 0 Å². The molecule has 1 aromatic heterocycles. The second kappa shape index (κ2) is 11.9. The number of thiophene rings is 1. The molecule has 52 heavy (non-hydrogen) atoms. The molecule has 8 unspecified atom stereocenters. The summed E-state index contributed by atoms with van der Waals surface area (Å²) in [6.45, 7) is 7.20. The van der Waals surface area contributed by atoms with Crippen LogP contribution in [0.4, 0.5) is 4.79 Å². The zero-order valence-electron chi connectivity index (χ0n) is 30.4. The zero-order valence-corrected chi connectivity index (χ0v) is 31.3. The Balaban J connectivity index is 1.13. The summed E-state index contributed by atoms with van der Waals surface area (Å²) in [5, 5.41) is 27.4. The van der Waals surface area contributed by atoms with Gasteiger partial charge in [-0.3, -0.25) is 4.79 Å². The molecule has 2 spiro atoms. The highest BCUT2D eigenvalue weighted by atomic mass is 32.1. The van der Waals surface area contributed by atoms with Crippen molar-refractivity contribution in [1.29, 1.82) is 0 Å². The van der Waals surface area contributed by atoms with Crippen molar-refractivity contribution in [3.8, 4) is 0 Å². The summed E-state index contributed by atoms with van der Waals surface area (Å²) in [4.78, 5) is 31.3. The van der Waals surface area contributed by atoms with Crippen LogP contribution in [0.15, 0.2) is 96.6 Å². The van der Waals surface area contributed by atoms with E-state index in [1.165, 1.54) is 0 Å². The van der Waals surface area contributed by atoms with Crippen molar-refractivity contribution >= 4 is 44.1 Å². The van der Waals surface area contributed by atoms with Gasteiger partial charge in [0.25, 0.3) is 0 Å². The molecule has 10 rings (SSSR count). The Hall–Kier alpha value is -3.78. The van der Waals surface area contributed by atoms with Crippen molar-refractivity contribution in [2.75, 3.05) is 13.2 Å². The summed E-state index contributed by atoms with van der Waals surface area (Å²) in [7, 11) is 0. The van der Waals surface area contributed by atoms with Crippen LogP contribution in [0.5, 0.6) is 0 Å². The number of ether oxygens (including phenoxy) is 1. The number of aliphatic hydroxyl groups is 2. The van der Waals surface area contributed by atoms with Gasteiger partial charge < -0.3 is 19.8 Å². The normalized spacial score (nSPS) is 35.9. The Bertz CT molecular complexity index is 2130. The van der Waals surface area contributed by atoms with Crippen LogP contribution in [0.1, 0.15) is 81.0 Å². The standard InChI is InChI=1S/C45H49NO5S/c1-4-51-40(49)46(27-31-13-9-12-29-10-5-7-14-33(29)31)28-44(50)21-18-38-42(44,3)20-17-37-41(2)19-16-32(47)25-43(41)22-23-45(37,38)34(26-43)39(48)36-24-30-11-6-8-15-35(30)52-36/h5-15,22-24,26,32,37-38,47,50H,4,16-21,25,27-28H2,1-3H3. The van der Waals surface area contributed by atoms with Crippen LogP contribution < -0.4 is 0 Å². The number of aliphatic hydroxyl groups excluding tert-OH is 1. The lowest BCUT2D eigenvalue weighted by atomic mass is 9.32. The van der Waals surface area contributed by atoms with Gasteiger partial charge in [-0.15, -0.1) is 11.3 Å². The number of benzene rings is 3. The van der Waals surface area contributed by atoms with Gasteiger partial charge in [-0.1, -0.05) is 92.7 Å². The molecule has 1 amide bonds. The predicted octanol–water partition coefficient (Wildman–Crippen LogP) is 9.49. The van der Waals surface area contributed by atoms with E-state index in [4.69, 9.17) is 4.74 Å². The quantitative estimate of drug-likeness (QED) is 0.147. The Labute approximate surface area is 310 Å². The number of hydrogen-bond donors (Lipinski definition) is 2. The van der Waals surface area contributed by atoms with E-state index in [1.54, 1.807) is 16.2 Å². The van der Waals surface area contributed by atoms with E-state index in [0.717, 1.165) is 69.0 Å². The minimum absolute atomic E-state index is 0.00634. The smallest absolute Gasteiger partial charge is 0.410 e. The third-order valence-corrected chi connectivity index (χ3v) is 15.9. The van der Waals surface area contributed by atoms with Crippen molar-refractivity contribution in [2.45, 2.75) is 84.0 Å². The van der Waals surface area contributed by atoms with E-state index in [2.05, 4.69) is 68.5 Å². The highest BCUT2D eigenvalue weighted by Crippen LogP contribution is 2.78. The number of nitrogens with zero attached hydrogens (tertiary/aromatic N) is 1. The highest BCUT2D eigenvalue weighted by molar-refractivity contribution is 7.21. The molecule has 6 nitrogen and oxygen atoms in total. The lowest BCUT2D eigenvalue weighted by Crippen LogP contribution is -2.67. The van der Waals surface area contributed by atoms with Gasteiger partial charge in [-0.2, -0.15) is 0 Å².